The molecule has 7 heteroatoms. The zero-order valence-corrected chi connectivity index (χ0v) is 20.1. The Hall–Kier alpha value is -3.45. The highest BCUT2D eigenvalue weighted by Crippen LogP contribution is 2.30. The Morgan fingerprint density at radius 3 is 2.65 bits per heavy atom. The van der Waals surface area contributed by atoms with Crippen molar-refractivity contribution in [3.63, 3.8) is 0 Å². The summed E-state index contributed by atoms with van der Waals surface area (Å²) in [6, 6.07) is 17.2. The minimum atomic E-state index is -0.170. The maximum absolute atomic E-state index is 12.8. The Morgan fingerprint density at radius 2 is 1.91 bits per heavy atom. The van der Waals surface area contributed by atoms with Crippen LogP contribution in [-0.4, -0.2) is 24.3 Å². The Kier molecular flexibility index (Phi) is 7.75. The molecule has 1 heterocycles. The number of anilines is 1. The first kappa shape index (κ1) is 23.7. The number of nitrogens with two attached hydrogens (primary N) is 1. The monoisotopic (exact) mass is 475 g/mol. The second-order valence-corrected chi connectivity index (χ2v) is 9.45. The molecule has 1 unspecified atom stereocenters. The van der Waals surface area contributed by atoms with Crippen LogP contribution in [0, 0.1) is 5.92 Å². The number of esters is 1. The number of thiophene rings is 1. The summed E-state index contributed by atoms with van der Waals surface area (Å²) in [4.78, 5) is 30.1. The lowest BCUT2D eigenvalue weighted by atomic mass is 9.82. The third kappa shape index (κ3) is 6.11. The number of carbonyl (C=O) groups is 2. The molecule has 0 fully saturated rings. The summed E-state index contributed by atoms with van der Waals surface area (Å²) in [6.45, 7) is 2.80. The van der Waals surface area contributed by atoms with E-state index in [1.807, 2.05) is 48.7 Å². The number of carbonyl (C=O) groups excluding carboxylic acids is 2. The standard InChI is InChI=1S/C27H29N3O3S/c1-2-33-25(31)15-18-5-6-22-16-23(12-11-21(22)14-18)30-27(32)20-9-7-19(8-10-20)26(28)29-17-24-4-3-13-34-24/h3-4,7-13,16,18H,2,5-6,14-15,17H2,1H3,(H2,28,29)(H,30,32). The van der Waals surface area contributed by atoms with E-state index in [1.165, 1.54) is 11.1 Å². The van der Waals surface area contributed by atoms with Crippen LogP contribution in [0.25, 0.3) is 0 Å². The van der Waals surface area contributed by atoms with Gasteiger partial charge in [0.1, 0.15) is 5.84 Å². The van der Waals surface area contributed by atoms with Gasteiger partial charge in [0.05, 0.1) is 13.2 Å². The molecule has 6 nitrogen and oxygen atoms in total. The van der Waals surface area contributed by atoms with Gasteiger partial charge in [0, 0.05) is 28.1 Å². The zero-order chi connectivity index (χ0) is 23.9. The quantitative estimate of drug-likeness (QED) is 0.273. The molecule has 0 bridgehead atoms. The highest BCUT2D eigenvalue weighted by Gasteiger charge is 2.22. The topological polar surface area (TPSA) is 93.8 Å². The van der Waals surface area contributed by atoms with Crippen LogP contribution in [0.15, 0.2) is 65.0 Å². The van der Waals surface area contributed by atoms with Crippen molar-refractivity contribution in [3.8, 4) is 0 Å². The first-order chi connectivity index (χ1) is 16.5. The van der Waals surface area contributed by atoms with Gasteiger partial charge >= 0.3 is 5.97 Å². The molecule has 34 heavy (non-hydrogen) atoms. The van der Waals surface area contributed by atoms with Crippen molar-refractivity contribution >= 4 is 34.7 Å². The first-order valence-corrected chi connectivity index (χ1v) is 12.4. The number of rotatable bonds is 8. The number of fused-ring (bicyclic) bond motifs is 1. The van der Waals surface area contributed by atoms with E-state index in [-0.39, 0.29) is 11.9 Å². The SMILES string of the molecule is CCOC(=O)CC1CCc2cc(NC(=O)c3ccc(C(N)=NCc4cccs4)cc3)ccc2C1. The minimum Gasteiger partial charge on any atom is -0.466 e. The smallest absolute Gasteiger partial charge is 0.306 e. The lowest BCUT2D eigenvalue weighted by Gasteiger charge is -2.24. The van der Waals surface area contributed by atoms with E-state index in [0.29, 0.717) is 36.9 Å². The molecule has 0 saturated carbocycles. The molecule has 3 aromatic rings. The van der Waals surface area contributed by atoms with E-state index in [9.17, 15) is 9.59 Å². The van der Waals surface area contributed by atoms with Gasteiger partial charge in [-0.1, -0.05) is 24.3 Å². The highest BCUT2D eigenvalue weighted by molar-refractivity contribution is 7.09. The van der Waals surface area contributed by atoms with Crippen molar-refractivity contribution in [1.29, 1.82) is 0 Å². The molecule has 0 spiro atoms. The number of benzene rings is 2. The largest absolute Gasteiger partial charge is 0.466 e. The van der Waals surface area contributed by atoms with Gasteiger partial charge in [0.25, 0.3) is 5.91 Å². The van der Waals surface area contributed by atoms with Crippen LogP contribution >= 0.6 is 11.3 Å². The van der Waals surface area contributed by atoms with Crippen molar-refractivity contribution in [2.75, 3.05) is 11.9 Å². The first-order valence-electron chi connectivity index (χ1n) is 11.5. The van der Waals surface area contributed by atoms with Crippen molar-refractivity contribution in [3.05, 3.63) is 87.1 Å². The van der Waals surface area contributed by atoms with Gasteiger partial charge in [-0.05, 0) is 78.9 Å². The second-order valence-electron chi connectivity index (χ2n) is 8.41. The van der Waals surface area contributed by atoms with Gasteiger partial charge in [-0.2, -0.15) is 0 Å². The van der Waals surface area contributed by atoms with Crippen LogP contribution < -0.4 is 11.1 Å². The number of nitrogens with zero attached hydrogens (tertiary/aromatic N) is 1. The summed E-state index contributed by atoms with van der Waals surface area (Å²) in [5, 5.41) is 5.00. The Bertz CT molecular complexity index is 1170. The molecular weight excluding hydrogens is 446 g/mol. The number of hydrogen-bond acceptors (Lipinski definition) is 5. The lowest BCUT2D eigenvalue weighted by Crippen LogP contribution is -2.19. The highest BCUT2D eigenvalue weighted by atomic mass is 32.1. The fourth-order valence-corrected chi connectivity index (χ4v) is 4.82. The number of ether oxygens (including phenoxy) is 1. The van der Waals surface area contributed by atoms with E-state index in [2.05, 4.69) is 16.4 Å². The van der Waals surface area contributed by atoms with Crippen LogP contribution in [-0.2, 0) is 28.9 Å². The molecular formula is C27H29N3O3S. The Morgan fingerprint density at radius 1 is 1.12 bits per heavy atom. The maximum Gasteiger partial charge on any atom is 0.306 e. The molecule has 0 aliphatic heterocycles. The number of nitrogens with one attached hydrogen (secondary N) is 1. The van der Waals surface area contributed by atoms with Crippen molar-refractivity contribution < 1.29 is 14.3 Å². The molecule has 1 amide bonds. The fraction of sp³-hybridized carbons (Fsp3) is 0.296. The molecule has 2 aromatic carbocycles. The normalized spacial score (nSPS) is 15.4. The number of aryl methyl sites for hydroxylation is 1. The molecule has 1 aliphatic carbocycles. The van der Waals surface area contributed by atoms with E-state index in [4.69, 9.17) is 10.5 Å². The molecule has 1 aliphatic rings. The summed E-state index contributed by atoms with van der Waals surface area (Å²) < 4.78 is 5.09. The van der Waals surface area contributed by atoms with Crippen LogP contribution in [0.2, 0.25) is 0 Å². The van der Waals surface area contributed by atoms with Gasteiger partial charge in [0.2, 0.25) is 0 Å². The second kappa shape index (κ2) is 11.1. The zero-order valence-electron chi connectivity index (χ0n) is 19.3. The Labute approximate surface area is 203 Å². The van der Waals surface area contributed by atoms with Crippen molar-refractivity contribution in [2.24, 2.45) is 16.6 Å². The van der Waals surface area contributed by atoms with E-state index in [1.54, 1.807) is 23.5 Å². The molecule has 1 atom stereocenters. The molecule has 176 valence electrons. The van der Waals surface area contributed by atoms with Crippen LogP contribution in [0.4, 0.5) is 5.69 Å². The summed E-state index contributed by atoms with van der Waals surface area (Å²) >= 11 is 1.65. The number of amides is 1. The molecule has 0 saturated heterocycles. The Balaban J connectivity index is 1.35. The van der Waals surface area contributed by atoms with E-state index in [0.717, 1.165) is 35.4 Å². The summed E-state index contributed by atoms with van der Waals surface area (Å²) in [5.41, 5.74) is 10.7. The van der Waals surface area contributed by atoms with E-state index >= 15 is 0 Å². The van der Waals surface area contributed by atoms with Crippen molar-refractivity contribution in [2.45, 2.75) is 39.2 Å². The summed E-state index contributed by atoms with van der Waals surface area (Å²) in [6.07, 6.45) is 3.16. The van der Waals surface area contributed by atoms with Gasteiger partial charge in [-0.3, -0.25) is 14.6 Å². The van der Waals surface area contributed by atoms with Gasteiger partial charge < -0.3 is 15.8 Å². The third-order valence-electron chi connectivity index (χ3n) is 5.98. The van der Waals surface area contributed by atoms with Crippen LogP contribution in [0.3, 0.4) is 0 Å². The third-order valence-corrected chi connectivity index (χ3v) is 6.84. The minimum absolute atomic E-state index is 0.124. The average molecular weight is 476 g/mol. The van der Waals surface area contributed by atoms with Gasteiger partial charge in [-0.15, -0.1) is 11.3 Å². The fourth-order valence-electron chi connectivity index (χ4n) is 4.19. The molecule has 3 N–H and O–H groups in total. The number of amidine groups is 1. The summed E-state index contributed by atoms with van der Waals surface area (Å²) in [5.74, 6) is 0.473. The summed E-state index contributed by atoms with van der Waals surface area (Å²) in [7, 11) is 0. The van der Waals surface area contributed by atoms with Gasteiger partial charge in [-0.25, -0.2) is 0 Å². The van der Waals surface area contributed by atoms with Gasteiger partial charge in [0.15, 0.2) is 0 Å². The van der Waals surface area contributed by atoms with Crippen molar-refractivity contribution in [1.82, 2.24) is 0 Å². The molecule has 4 rings (SSSR count). The number of hydrogen-bond donors (Lipinski definition) is 2. The molecule has 0 radical (unpaired) electrons. The van der Waals surface area contributed by atoms with E-state index < -0.39 is 0 Å². The maximum atomic E-state index is 12.8. The molecule has 1 aromatic heterocycles. The lowest BCUT2D eigenvalue weighted by molar-refractivity contribution is -0.144. The van der Waals surface area contributed by atoms with Crippen LogP contribution in [0.5, 0.6) is 0 Å². The number of aliphatic imine (C=N–C) groups is 1. The predicted octanol–water partition coefficient (Wildman–Crippen LogP) is 4.96. The average Bonchev–Trinajstić information content (AvgIpc) is 3.36. The van der Waals surface area contributed by atoms with Crippen LogP contribution in [0.1, 0.15) is 51.7 Å². The predicted molar refractivity (Wildman–Crippen MR) is 136 cm³/mol.